The van der Waals surface area contributed by atoms with E-state index in [1.807, 2.05) is 36.6 Å². The number of anilines is 1. The number of carbonyl (C=O) groups is 2. The van der Waals surface area contributed by atoms with E-state index in [1.165, 1.54) is 18.0 Å². The molecule has 2 amide bonds. The number of nitrogens with two attached hydrogens (primary N) is 1. The zero-order valence-electron chi connectivity index (χ0n) is 20.5. The van der Waals surface area contributed by atoms with Crippen molar-refractivity contribution < 1.29 is 18.7 Å². The zero-order valence-corrected chi connectivity index (χ0v) is 21.3. The third-order valence-electron chi connectivity index (χ3n) is 6.46. The number of halogens is 1. The molecule has 1 aliphatic rings. The summed E-state index contributed by atoms with van der Waals surface area (Å²) < 4.78 is 21.9. The van der Waals surface area contributed by atoms with E-state index >= 15 is 4.39 Å². The number of hydrogen-bond acceptors (Lipinski definition) is 8. The number of likely N-dealkylation sites (N-methyl/N-ethyl adjacent to an activating group) is 1. The number of methoxy groups -OCH3 is 1. The van der Waals surface area contributed by atoms with Crippen molar-refractivity contribution in [2.75, 3.05) is 39.1 Å². The van der Waals surface area contributed by atoms with Crippen LogP contribution in [0.2, 0.25) is 0 Å². The fourth-order valence-electron chi connectivity index (χ4n) is 4.54. The molecule has 12 heteroatoms. The van der Waals surface area contributed by atoms with E-state index in [0.717, 1.165) is 21.8 Å². The Labute approximate surface area is 212 Å². The number of aromatic nitrogens is 3. The van der Waals surface area contributed by atoms with Crippen molar-refractivity contribution in [3.8, 4) is 11.3 Å². The maximum atomic E-state index is 15.9. The molecule has 0 bridgehead atoms. The van der Waals surface area contributed by atoms with Gasteiger partial charge in [0, 0.05) is 43.3 Å². The normalized spacial score (nSPS) is 20.3. The van der Waals surface area contributed by atoms with Crippen molar-refractivity contribution in [1.82, 2.24) is 25.0 Å². The number of piperidine rings is 1. The maximum Gasteiger partial charge on any atom is 0.412 e. The molecule has 4 N–H and O–H groups in total. The standard InChI is InChI=1S/C24H30FN7O3S/c1-15-28-19(13-36-15)17-6-4-16(5-7-17)10-31-9-8-24(14-27-2,20(25)12-31)32-11-18(21(26)33)22(30-32)29-23(34)35-3/h4-7,11,13,20,27H,8-10,12,14H2,1-3H3,(H2,26,33)(H,29,30,34). The number of hydrogen-bond donors (Lipinski definition) is 3. The molecule has 0 spiro atoms. The highest BCUT2D eigenvalue weighted by Crippen LogP contribution is 2.34. The Balaban J connectivity index is 1.50. The first-order valence-electron chi connectivity index (χ1n) is 11.5. The number of nitrogens with zero attached hydrogens (tertiary/aromatic N) is 4. The molecule has 3 heterocycles. The van der Waals surface area contributed by atoms with Crippen LogP contribution in [0, 0.1) is 6.92 Å². The SMILES string of the molecule is CNCC1(n2cc(C(N)=O)c(NC(=O)OC)n2)CCN(Cc2ccc(-c3csc(C)n3)cc2)CC1F. The average Bonchev–Trinajstić information content (AvgIpc) is 3.48. The number of ether oxygens (including phenoxy) is 1. The number of aryl methyl sites for hydroxylation is 1. The van der Waals surface area contributed by atoms with Gasteiger partial charge in [0.2, 0.25) is 0 Å². The summed E-state index contributed by atoms with van der Waals surface area (Å²) in [4.78, 5) is 30.2. The van der Waals surface area contributed by atoms with E-state index < -0.39 is 23.7 Å². The van der Waals surface area contributed by atoms with Gasteiger partial charge in [0.15, 0.2) is 5.82 Å². The summed E-state index contributed by atoms with van der Waals surface area (Å²) in [6.07, 6.45) is -0.273. The van der Waals surface area contributed by atoms with Crippen LogP contribution in [-0.4, -0.2) is 71.6 Å². The lowest BCUT2D eigenvalue weighted by molar-refractivity contribution is 0.00564. The Hall–Kier alpha value is -3.35. The van der Waals surface area contributed by atoms with Crippen molar-refractivity contribution in [2.45, 2.75) is 31.6 Å². The monoisotopic (exact) mass is 515 g/mol. The molecule has 1 fully saturated rings. The minimum Gasteiger partial charge on any atom is -0.453 e. The number of amides is 2. The van der Waals surface area contributed by atoms with Gasteiger partial charge in [0.1, 0.15) is 17.3 Å². The van der Waals surface area contributed by atoms with Gasteiger partial charge >= 0.3 is 6.09 Å². The second-order valence-electron chi connectivity index (χ2n) is 8.85. The largest absolute Gasteiger partial charge is 0.453 e. The molecule has 1 aromatic carbocycles. The minimum absolute atomic E-state index is 0.0131. The van der Waals surface area contributed by atoms with Crippen LogP contribution in [0.5, 0.6) is 0 Å². The highest BCUT2D eigenvalue weighted by Gasteiger charge is 2.46. The average molecular weight is 516 g/mol. The van der Waals surface area contributed by atoms with Gasteiger partial charge in [-0.2, -0.15) is 5.10 Å². The number of primary amides is 1. The first kappa shape index (κ1) is 25.7. The summed E-state index contributed by atoms with van der Waals surface area (Å²) in [5, 5.41) is 12.8. The van der Waals surface area contributed by atoms with Gasteiger partial charge in [-0.25, -0.2) is 14.2 Å². The van der Waals surface area contributed by atoms with Gasteiger partial charge in [0.05, 0.1) is 17.8 Å². The summed E-state index contributed by atoms with van der Waals surface area (Å²) in [5.74, 6) is -0.841. The molecule has 10 nitrogen and oxygen atoms in total. The van der Waals surface area contributed by atoms with Crippen LogP contribution >= 0.6 is 11.3 Å². The maximum absolute atomic E-state index is 15.9. The lowest BCUT2D eigenvalue weighted by Crippen LogP contribution is -2.58. The van der Waals surface area contributed by atoms with Gasteiger partial charge in [-0.3, -0.25) is 19.7 Å². The van der Waals surface area contributed by atoms with E-state index in [1.54, 1.807) is 18.4 Å². The third-order valence-corrected chi connectivity index (χ3v) is 7.24. The molecule has 2 aromatic heterocycles. The van der Waals surface area contributed by atoms with E-state index in [-0.39, 0.29) is 24.5 Å². The van der Waals surface area contributed by atoms with Crippen LogP contribution in [0.1, 0.15) is 27.3 Å². The van der Waals surface area contributed by atoms with Crippen molar-refractivity contribution >= 4 is 29.2 Å². The molecular weight excluding hydrogens is 485 g/mol. The van der Waals surface area contributed by atoms with Gasteiger partial charge in [-0.15, -0.1) is 11.3 Å². The van der Waals surface area contributed by atoms with Crippen molar-refractivity contribution in [1.29, 1.82) is 0 Å². The predicted molar refractivity (Wildman–Crippen MR) is 136 cm³/mol. The van der Waals surface area contributed by atoms with E-state index in [9.17, 15) is 9.59 Å². The number of thiazole rings is 1. The molecule has 0 radical (unpaired) electrons. The molecule has 1 saturated heterocycles. The van der Waals surface area contributed by atoms with Gasteiger partial charge < -0.3 is 15.8 Å². The fourth-order valence-corrected chi connectivity index (χ4v) is 5.16. The summed E-state index contributed by atoms with van der Waals surface area (Å²) in [5.41, 5.74) is 7.50. The molecule has 0 saturated carbocycles. The first-order valence-corrected chi connectivity index (χ1v) is 12.4. The predicted octanol–water partition coefficient (Wildman–Crippen LogP) is 2.75. The Kier molecular flexibility index (Phi) is 7.67. The topological polar surface area (TPSA) is 127 Å². The number of rotatable bonds is 8. The molecule has 1 aliphatic heterocycles. The fraction of sp³-hybridized carbons (Fsp3) is 0.417. The molecule has 36 heavy (non-hydrogen) atoms. The summed E-state index contributed by atoms with van der Waals surface area (Å²) in [6, 6.07) is 8.17. The van der Waals surface area contributed by atoms with Crippen molar-refractivity contribution in [2.24, 2.45) is 5.73 Å². The summed E-state index contributed by atoms with van der Waals surface area (Å²) >= 11 is 1.62. The molecule has 0 aliphatic carbocycles. The number of nitrogens with one attached hydrogen (secondary N) is 2. The van der Waals surface area contributed by atoms with Crippen LogP contribution in [0.3, 0.4) is 0 Å². The molecule has 3 aromatic rings. The minimum atomic E-state index is -1.30. The first-order chi connectivity index (χ1) is 17.3. The van der Waals surface area contributed by atoms with Crippen LogP contribution in [0.15, 0.2) is 35.8 Å². The highest BCUT2D eigenvalue weighted by atomic mass is 32.1. The molecule has 4 rings (SSSR count). The summed E-state index contributed by atoms with van der Waals surface area (Å²) in [6.45, 7) is 3.66. The molecule has 2 atom stereocenters. The molecule has 192 valence electrons. The number of benzene rings is 1. The van der Waals surface area contributed by atoms with E-state index in [2.05, 4.69) is 30.4 Å². The van der Waals surface area contributed by atoms with Crippen LogP contribution < -0.4 is 16.4 Å². The lowest BCUT2D eigenvalue weighted by atomic mass is 9.85. The Morgan fingerprint density at radius 2 is 2.08 bits per heavy atom. The Bertz CT molecular complexity index is 1230. The van der Waals surface area contributed by atoms with Crippen molar-refractivity contribution in [3.63, 3.8) is 0 Å². The second kappa shape index (κ2) is 10.7. The highest BCUT2D eigenvalue weighted by molar-refractivity contribution is 7.09. The van der Waals surface area contributed by atoms with E-state index in [4.69, 9.17) is 5.73 Å². The third kappa shape index (κ3) is 5.25. The number of likely N-dealkylation sites (tertiary alicyclic amines) is 1. The zero-order chi connectivity index (χ0) is 25.9. The molecular formula is C24H30FN7O3S. The second-order valence-corrected chi connectivity index (χ2v) is 9.91. The van der Waals surface area contributed by atoms with Crippen LogP contribution in [-0.2, 0) is 16.8 Å². The Morgan fingerprint density at radius 3 is 2.67 bits per heavy atom. The van der Waals surface area contributed by atoms with Gasteiger partial charge in [0.25, 0.3) is 5.91 Å². The molecule has 2 unspecified atom stereocenters. The Morgan fingerprint density at radius 1 is 1.33 bits per heavy atom. The van der Waals surface area contributed by atoms with Crippen LogP contribution in [0.4, 0.5) is 15.0 Å². The quantitative estimate of drug-likeness (QED) is 0.421. The smallest absolute Gasteiger partial charge is 0.412 e. The van der Waals surface area contributed by atoms with E-state index in [0.29, 0.717) is 19.5 Å². The summed E-state index contributed by atoms with van der Waals surface area (Å²) in [7, 11) is 2.93. The van der Waals surface area contributed by atoms with Crippen LogP contribution in [0.25, 0.3) is 11.3 Å². The number of carbonyl (C=O) groups excluding carboxylic acids is 2. The van der Waals surface area contributed by atoms with Gasteiger partial charge in [-0.05, 0) is 26.0 Å². The lowest BCUT2D eigenvalue weighted by Gasteiger charge is -2.44. The van der Waals surface area contributed by atoms with Gasteiger partial charge in [-0.1, -0.05) is 24.3 Å². The number of alkyl halides is 1. The van der Waals surface area contributed by atoms with Crippen molar-refractivity contribution in [3.05, 3.63) is 52.0 Å².